The smallest absolute Gasteiger partial charge is 0.153 e. The lowest BCUT2D eigenvalue weighted by molar-refractivity contribution is -0.107. The Hall–Kier alpha value is -1.31. The van der Waals surface area contributed by atoms with Gasteiger partial charge in [-0.05, 0) is 80.9 Å². The molecular formula is C18H22O2. The quantitative estimate of drug-likeness (QED) is 0.771. The van der Waals surface area contributed by atoms with Crippen LogP contribution in [0.2, 0.25) is 0 Å². The van der Waals surface area contributed by atoms with Gasteiger partial charge in [-0.2, -0.15) is 0 Å². The summed E-state index contributed by atoms with van der Waals surface area (Å²) >= 11 is 0. The molecule has 5 rings (SSSR count). The number of benzene rings is 1. The van der Waals surface area contributed by atoms with Crippen molar-refractivity contribution in [2.75, 3.05) is 0 Å². The molecule has 2 nitrogen and oxygen atoms in total. The molecule has 0 amide bonds. The number of hydrogen-bond donors (Lipinski definition) is 0. The number of aldehydes is 1. The van der Waals surface area contributed by atoms with E-state index < -0.39 is 0 Å². The number of ether oxygens (including phenoxy) is 1. The van der Waals surface area contributed by atoms with Gasteiger partial charge in [-0.3, -0.25) is 4.79 Å². The largest absolute Gasteiger partial charge is 0.486 e. The molecule has 106 valence electrons. The molecule has 4 aliphatic carbocycles. The van der Waals surface area contributed by atoms with Crippen LogP contribution in [-0.4, -0.2) is 11.9 Å². The third kappa shape index (κ3) is 1.97. The van der Waals surface area contributed by atoms with Crippen LogP contribution in [0.1, 0.15) is 54.4 Å². The molecule has 4 fully saturated rings. The predicted octanol–water partition coefficient (Wildman–Crippen LogP) is 4.16. The second kappa shape index (κ2) is 4.34. The maximum absolute atomic E-state index is 11.2. The highest BCUT2D eigenvalue weighted by Gasteiger charge is 2.52. The highest BCUT2D eigenvalue weighted by Crippen LogP contribution is 2.57. The minimum Gasteiger partial charge on any atom is -0.486 e. The number of carbonyl (C=O) groups excluding carboxylic acids is 1. The van der Waals surface area contributed by atoms with E-state index in [2.05, 4.69) is 6.92 Å². The van der Waals surface area contributed by atoms with E-state index in [0.29, 0.717) is 5.56 Å². The summed E-state index contributed by atoms with van der Waals surface area (Å²) in [5.74, 6) is 3.41. The zero-order valence-corrected chi connectivity index (χ0v) is 12.1. The Labute approximate surface area is 120 Å². The van der Waals surface area contributed by atoms with Crippen LogP contribution in [0.15, 0.2) is 18.2 Å². The molecule has 0 atom stereocenters. The van der Waals surface area contributed by atoms with E-state index in [-0.39, 0.29) is 5.60 Å². The van der Waals surface area contributed by atoms with Crippen LogP contribution in [-0.2, 0) is 0 Å². The molecule has 1 aromatic carbocycles. The Morgan fingerprint density at radius 1 is 1.10 bits per heavy atom. The second-order valence-corrected chi connectivity index (χ2v) is 7.36. The topological polar surface area (TPSA) is 26.3 Å². The van der Waals surface area contributed by atoms with E-state index >= 15 is 0 Å². The molecule has 0 spiro atoms. The van der Waals surface area contributed by atoms with Crippen molar-refractivity contribution in [1.82, 2.24) is 0 Å². The van der Waals surface area contributed by atoms with Gasteiger partial charge in [0, 0.05) is 0 Å². The van der Waals surface area contributed by atoms with Crippen molar-refractivity contribution in [3.05, 3.63) is 29.3 Å². The molecule has 20 heavy (non-hydrogen) atoms. The van der Waals surface area contributed by atoms with Crippen molar-refractivity contribution in [3.63, 3.8) is 0 Å². The van der Waals surface area contributed by atoms with Crippen LogP contribution in [0.4, 0.5) is 0 Å². The van der Waals surface area contributed by atoms with E-state index in [1.54, 1.807) is 0 Å². The van der Waals surface area contributed by atoms with E-state index in [9.17, 15) is 4.79 Å². The number of aryl methyl sites for hydroxylation is 1. The molecule has 2 heteroatoms. The van der Waals surface area contributed by atoms with Crippen molar-refractivity contribution in [2.24, 2.45) is 17.8 Å². The lowest BCUT2D eigenvalue weighted by atomic mass is 9.54. The fourth-order valence-electron chi connectivity index (χ4n) is 5.22. The van der Waals surface area contributed by atoms with Gasteiger partial charge in [-0.15, -0.1) is 0 Å². The molecule has 0 heterocycles. The lowest BCUT2D eigenvalue weighted by Crippen LogP contribution is -2.53. The van der Waals surface area contributed by atoms with E-state index in [4.69, 9.17) is 4.74 Å². The van der Waals surface area contributed by atoms with Crippen LogP contribution in [0, 0.1) is 24.7 Å². The van der Waals surface area contributed by atoms with Gasteiger partial charge in [0.1, 0.15) is 11.4 Å². The SMILES string of the molecule is Cc1ccc(C=O)c(OC23CC4CC(CC(C4)C2)C3)c1. The molecule has 0 aliphatic heterocycles. The minimum atomic E-state index is 0.0281. The summed E-state index contributed by atoms with van der Waals surface area (Å²) < 4.78 is 6.49. The van der Waals surface area contributed by atoms with Gasteiger partial charge in [-0.25, -0.2) is 0 Å². The maximum Gasteiger partial charge on any atom is 0.153 e. The summed E-state index contributed by atoms with van der Waals surface area (Å²) in [6, 6.07) is 5.90. The van der Waals surface area contributed by atoms with E-state index in [1.165, 1.54) is 38.5 Å². The predicted molar refractivity (Wildman–Crippen MR) is 78.1 cm³/mol. The Morgan fingerprint density at radius 3 is 2.25 bits per heavy atom. The molecule has 1 aromatic rings. The first-order valence-electron chi connectivity index (χ1n) is 7.91. The fraction of sp³-hybridized carbons (Fsp3) is 0.611. The molecule has 0 aromatic heterocycles. The summed E-state index contributed by atoms with van der Waals surface area (Å²) in [5, 5.41) is 0. The summed E-state index contributed by atoms with van der Waals surface area (Å²) in [7, 11) is 0. The average Bonchev–Trinajstić information content (AvgIpc) is 2.36. The van der Waals surface area contributed by atoms with Crippen molar-refractivity contribution >= 4 is 6.29 Å². The molecule has 4 aliphatic rings. The standard InChI is InChI=1S/C18H22O2/c1-12-2-3-16(11-19)17(4-12)20-18-8-13-5-14(9-18)7-15(6-13)10-18/h2-4,11,13-15H,5-10H2,1H3. The number of hydrogen-bond acceptors (Lipinski definition) is 2. The van der Waals surface area contributed by atoms with Gasteiger partial charge in [0.15, 0.2) is 6.29 Å². The van der Waals surface area contributed by atoms with Gasteiger partial charge in [-0.1, -0.05) is 6.07 Å². The third-order valence-electron chi connectivity index (χ3n) is 5.60. The van der Waals surface area contributed by atoms with Gasteiger partial charge in [0.2, 0.25) is 0 Å². The maximum atomic E-state index is 11.2. The summed E-state index contributed by atoms with van der Waals surface area (Å²) in [5.41, 5.74) is 1.89. The summed E-state index contributed by atoms with van der Waals surface area (Å²) in [6.07, 6.45) is 8.77. The van der Waals surface area contributed by atoms with Gasteiger partial charge >= 0.3 is 0 Å². The molecule has 0 radical (unpaired) electrons. The second-order valence-electron chi connectivity index (χ2n) is 7.36. The first kappa shape index (κ1) is 12.4. The Kier molecular flexibility index (Phi) is 2.70. The molecule has 0 N–H and O–H groups in total. The van der Waals surface area contributed by atoms with Gasteiger partial charge in [0.25, 0.3) is 0 Å². The number of carbonyl (C=O) groups is 1. The highest BCUT2D eigenvalue weighted by atomic mass is 16.5. The average molecular weight is 270 g/mol. The van der Waals surface area contributed by atoms with E-state index in [1.807, 2.05) is 18.2 Å². The molecule has 0 unspecified atom stereocenters. The van der Waals surface area contributed by atoms with Gasteiger partial charge < -0.3 is 4.74 Å². The summed E-state index contributed by atoms with van der Waals surface area (Å²) in [4.78, 5) is 11.2. The fourth-order valence-corrected chi connectivity index (χ4v) is 5.22. The van der Waals surface area contributed by atoms with Crippen molar-refractivity contribution < 1.29 is 9.53 Å². The van der Waals surface area contributed by atoms with Crippen LogP contribution in [0.3, 0.4) is 0 Å². The van der Waals surface area contributed by atoms with Gasteiger partial charge in [0.05, 0.1) is 5.56 Å². The number of rotatable bonds is 3. The molecule has 4 saturated carbocycles. The third-order valence-corrected chi connectivity index (χ3v) is 5.60. The monoisotopic (exact) mass is 270 g/mol. The lowest BCUT2D eigenvalue weighted by Gasteiger charge is -2.56. The van der Waals surface area contributed by atoms with Crippen LogP contribution < -0.4 is 4.74 Å². The van der Waals surface area contributed by atoms with Crippen LogP contribution >= 0.6 is 0 Å². The van der Waals surface area contributed by atoms with Crippen LogP contribution in [0.5, 0.6) is 5.75 Å². The highest BCUT2D eigenvalue weighted by molar-refractivity contribution is 5.79. The van der Waals surface area contributed by atoms with E-state index in [0.717, 1.165) is 35.4 Å². The zero-order valence-electron chi connectivity index (χ0n) is 12.1. The summed E-state index contributed by atoms with van der Waals surface area (Å²) in [6.45, 7) is 2.06. The first-order valence-corrected chi connectivity index (χ1v) is 7.91. The molecular weight excluding hydrogens is 248 g/mol. The first-order chi connectivity index (χ1) is 9.66. The Morgan fingerprint density at radius 2 is 1.70 bits per heavy atom. The van der Waals surface area contributed by atoms with Crippen molar-refractivity contribution in [1.29, 1.82) is 0 Å². The van der Waals surface area contributed by atoms with Crippen molar-refractivity contribution in [3.8, 4) is 5.75 Å². The van der Waals surface area contributed by atoms with Crippen LogP contribution in [0.25, 0.3) is 0 Å². The molecule has 4 bridgehead atoms. The van der Waals surface area contributed by atoms with Crippen molar-refractivity contribution in [2.45, 2.75) is 51.0 Å². The normalized spacial score (nSPS) is 38.0. The Balaban J connectivity index is 1.65. The zero-order chi connectivity index (χ0) is 13.7. The minimum absolute atomic E-state index is 0.0281. The molecule has 0 saturated heterocycles. The Bertz CT molecular complexity index is 511.